The van der Waals surface area contributed by atoms with Gasteiger partial charge in [0.05, 0.1) is 18.9 Å². The lowest BCUT2D eigenvalue weighted by molar-refractivity contribution is 0.415. The van der Waals surface area contributed by atoms with E-state index in [2.05, 4.69) is 16.3 Å². The molecule has 0 saturated carbocycles. The number of hydrogen-bond acceptors (Lipinski definition) is 5. The summed E-state index contributed by atoms with van der Waals surface area (Å²) >= 11 is 1.37. The summed E-state index contributed by atoms with van der Waals surface area (Å²) in [5, 5.41) is 18.2. The Morgan fingerprint density at radius 2 is 1.79 bits per heavy atom. The van der Waals surface area contributed by atoms with Crippen molar-refractivity contribution in [2.75, 3.05) is 12.9 Å². The van der Waals surface area contributed by atoms with Crippen LogP contribution < -0.4 is 4.74 Å². The first-order valence-corrected chi connectivity index (χ1v) is 8.38. The number of nitriles is 1. The fourth-order valence-electron chi connectivity index (χ4n) is 2.31. The standard InChI is InChI=1S/C18H16N4OS/c1-13-3-7-15(8-4-13)22-17(20-21-18(22)24-12-11-19)14-5-9-16(23-2)10-6-14/h3-10H,12H2,1-2H3. The molecule has 0 amide bonds. The van der Waals surface area contributed by atoms with Crippen LogP contribution in [0.25, 0.3) is 17.1 Å². The van der Waals surface area contributed by atoms with E-state index in [9.17, 15) is 0 Å². The van der Waals surface area contributed by atoms with Gasteiger partial charge >= 0.3 is 0 Å². The van der Waals surface area contributed by atoms with Crippen molar-refractivity contribution in [1.29, 1.82) is 5.26 Å². The summed E-state index contributed by atoms with van der Waals surface area (Å²) in [6.45, 7) is 2.05. The number of hydrogen-bond donors (Lipinski definition) is 0. The largest absolute Gasteiger partial charge is 0.497 e. The number of methoxy groups -OCH3 is 1. The molecule has 0 radical (unpaired) electrons. The van der Waals surface area contributed by atoms with E-state index in [1.54, 1.807) is 7.11 Å². The smallest absolute Gasteiger partial charge is 0.197 e. The monoisotopic (exact) mass is 336 g/mol. The second kappa shape index (κ2) is 7.20. The van der Waals surface area contributed by atoms with Gasteiger partial charge in [0.15, 0.2) is 11.0 Å². The summed E-state index contributed by atoms with van der Waals surface area (Å²) in [5.74, 6) is 1.85. The van der Waals surface area contributed by atoms with Gasteiger partial charge in [0, 0.05) is 11.3 Å². The van der Waals surface area contributed by atoms with E-state index in [1.165, 1.54) is 17.3 Å². The lowest BCUT2D eigenvalue weighted by Gasteiger charge is -2.10. The van der Waals surface area contributed by atoms with E-state index in [1.807, 2.05) is 60.0 Å². The molecule has 3 rings (SSSR count). The number of nitrogens with zero attached hydrogens (tertiary/aromatic N) is 4. The van der Waals surface area contributed by atoms with Crippen LogP contribution in [0.5, 0.6) is 5.75 Å². The average Bonchev–Trinajstić information content (AvgIpc) is 3.04. The Morgan fingerprint density at radius 3 is 2.42 bits per heavy atom. The SMILES string of the molecule is COc1ccc(-c2nnc(SCC#N)n2-c2ccc(C)cc2)cc1. The molecule has 6 heteroatoms. The van der Waals surface area contributed by atoms with E-state index < -0.39 is 0 Å². The maximum absolute atomic E-state index is 8.86. The highest BCUT2D eigenvalue weighted by Gasteiger charge is 2.16. The Bertz CT molecular complexity index is 864. The van der Waals surface area contributed by atoms with E-state index in [0.29, 0.717) is 10.9 Å². The highest BCUT2D eigenvalue weighted by Crippen LogP contribution is 2.28. The Balaban J connectivity index is 2.09. The summed E-state index contributed by atoms with van der Waals surface area (Å²) in [4.78, 5) is 0. The summed E-state index contributed by atoms with van der Waals surface area (Å²) in [6.07, 6.45) is 0. The molecule has 0 fully saturated rings. The van der Waals surface area contributed by atoms with Gasteiger partial charge in [-0.05, 0) is 43.3 Å². The van der Waals surface area contributed by atoms with Crippen LogP contribution in [0.3, 0.4) is 0 Å². The molecule has 0 aliphatic rings. The zero-order valence-corrected chi connectivity index (χ0v) is 14.2. The number of ether oxygens (including phenoxy) is 1. The van der Waals surface area contributed by atoms with Gasteiger partial charge in [-0.2, -0.15) is 5.26 Å². The summed E-state index contributed by atoms with van der Waals surface area (Å²) in [7, 11) is 1.64. The highest BCUT2D eigenvalue weighted by atomic mass is 32.2. The van der Waals surface area contributed by atoms with E-state index in [-0.39, 0.29) is 0 Å². The van der Waals surface area contributed by atoms with Gasteiger partial charge in [0.25, 0.3) is 0 Å². The van der Waals surface area contributed by atoms with Crippen LogP contribution in [0.15, 0.2) is 53.7 Å². The molecule has 2 aromatic carbocycles. The van der Waals surface area contributed by atoms with Crippen LogP contribution in [0.2, 0.25) is 0 Å². The number of aromatic nitrogens is 3. The summed E-state index contributed by atoms with van der Waals surface area (Å²) in [6, 6.07) is 18.0. The molecule has 120 valence electrons. The second-order valence-electron chi connectivity index (χ2n) is 5.15. The average molecular weight is 336 g/mol. The normalized spacial score (nSPS) is 10.4. The molecule has 0 atom stereocenters. The van der Waals surface area contributed by atoms with Crippen molar-refractivity contribution in [3.8, 4) is 28.9 Å². The van der Waals surface area contributed by atoms with Crippen LogP contribution in [0.1, 0.15) is 5.56 Å². The molecule has 0 aliphatic heterocycles. The Morgan fingerprint density at radius 1 is 1.08 bits per heavy atom. The maximum atomic E-state index is 8.86. The van der Waals surface area contributed by atoms with Crippen molar-refractivity contribution in [3.05, 3.63) is 54.1 Å². The second-order valence-corrected chi connectivity index (χ2v) is 6.09. The Kier molecular flexibility index (Phi) is 4.82. The molecule has 0 aliphatic carbocycles. The lowest BCUT2D eigenvalue weighted by Crippen LogP contribution is -2.00. The van der Waals surface area contributed by atoms with Crippen LogP contribution >= 0.6 is 11.8 Å². The van der Waals surface area contributed by atoms with E-state index >= 15 is 0 Å². The molecule has 0 spiro atoms. The topological polar surface area (TPSA) is 63.7 Å². The van der Waals surface area contributed by atoms with E-state index in [4.69, 9.17) is 10.00 Å². The molecule has 5 nitrogen and oxygen atoms in total. The molecular formula is C18H16N4OS. The molecule has 0 saturated heterocycles. The highest BCUT2D eigenvalue weighted by molar-refractivity contribution is 7.99. The molecule has 0 bridgehead atoms. The van der Waals surface area contributed by atoms with Crippen molar-refractivity contribution < 1.29 is 4.74 Å². The van der Waals surface area contributed by atoms with Crippen LogP contribution in [0, 0.1) is 18.3 Å². The predicted molar refractivity (Wildman–Crippen MR) is 94.4 cm³/mol. The third-order valence-electron chi connectivity index (χ3n) is 3.54. The van der Waals surface area contributed by atoms with Crippen molar-refractivity contribution >= 4 is 11.8 Å². The molecule has 1 heterocycles. The quantitative estimate of drug-likeness (QED) is 0.662. The molecule has 1 aromatic heterocycles. The van der Waals surface area contributed by atoms with E-state index in [0.717, 1.165) is 22.8 Å². The fraction of sp³-hybridized carbons (Fsp3) is 0.167. The Labute approximate surface area is 144 Å². The predicted octanol–water partition coefficient (Wildman–Crippen LogP) is 3.87. The van der Waals surface area contributed by atoms with Crippen molar-refractivity contribution in [2.45, 2.75) is 12.1 Å². The first kappa shape index (κ1) is 16.1. The molecular weight excluding hydrogens is 320 g/mol. The number of rotatable bonds is 5. The number of aryl methyl sites for hydroxylation is 1. The zero-order valence-electron chi connectivity index (χ0n) is 13.4. The Hall–Kier alpha value is -2.78. The first-order chi connectivity index (χ1) is 11.7. The lowest BCUT2D eigenvalue weighted by atomic mass is 10.2. The molecule has 0 unspecified atom stereocenters. The van der Waals surface area contributed by atoms with Gasteiger partial charge < -0.3 is 4.74 Å². The van der Waals surface area contributed by atoms with Gasteiger partial charge in [0.1, 0.15) is 5.75 Å². The third-order valence-corrected chi connectivity index (χ3v) is 4.34. The van der Waals surface area contributed by atoms with Crippen LogP contribution in [0.4, 0.5) is 0 Å². The minimum Gasteiger partial charge on any atom is -0.497 e. The minimum absolute atomic E-state index is 0.326. The fourth-order valence-corrected chi connectivity index (χ4v) is 2.93. The summed E-state index contributed by atoms with van der Waals surface area (Å²) < 4.78 is 7.18. The van der Waals surface area contributed by atoms with Crippen LogP contribution in [-0.2, 0) is 0 Å². The maximum Gasteiger partial charge on any atom is 0.197 e. The molecule has 3 aromatic rings. The molecule has 0 N–H and O–H groups in total. The zero-order chi connectivity index (χ0) is 16.9. The van der Waals surface area contributed by atoms with Gasteiger partial charge in [-0.3, -0.25) is 4.57 Å². The van der Waals surface area contributed by atoms with Gasteiger partial charge in [0.2, 0.25) is 0 Å². The van der Waals surface area contributed by atoms with Gasteiger partial charge in [-0.25, -0.2) is 0 Å². The molecule has 24 heavy (non-hydrogen) atoms. The third kappa shape index (κ3) is 3.26. The van der Waals surface area contributed by atoms with Crippen LogP contribution in [-0.4, -0.2) is 27.6 Å². The number of thioether (sulfide) groups is 1. The van der Waals surface area contributed by atoms with Crippen molar-refractivity contribution in [1.82, 2.24) is 14.8 Å². The minimum atomic E-state index is 0.326. The van der Waals surface area contributed by atoms with Crippen molar-refractivity contribution in [3.63, 3.8) is 0 Å². The summed E-state index contributed by atoms with van der Waals surface area (Å²) in [5.41, 5.74) is 3.09. The first-order valence-electron chi connectivity index (χ1n) is 7.39. The van der Waals surface area contributed by atoms with Crippen molar-refractivity contribution in [2.24, 2.45) is 0 Å². The van der Waals surface area contributed by atoms with Gasteiger partial charge in [-0.15, -0.1) is 10.2 Å². The number of benzene rings is 2. The van der Waals surface area contributed by atoms with Gasteiger partial charge in [-0.1, -0.05) is 29.5 Å².